The van der Waals surface area contributed by atoms with Gasteiger partial charge in [-0.05, 0) is 30.7 Å². The van der Waals surface area contributed by atoms with Crippen LogP contribution >= 0.6 is 11.8 Å². The molecule has 0 aliphatic rings. The number of hydrogen-bond donors (Lipinski definition) is 0. The Kier molecular flexibility index (Phi) is 6.70. The molecule has 0 spiro atoms. The summed E-state index contributed by atoms with van der Waals surface area (Å²) in [5, 5.41) is 0.155. The normalized spacial score (nSPS) is 12.1. The highest BCUT2D eigenvalue weighted by atomic mass is 32.2. The van der Waals surface area contributed by atoms with Crippen molar-refractivity contribution in [2.45, 2.75) is 31.9 Å². The van der Waals surface area contributed by atoms with E-state index in [-0.39, 0.29) is 11.2 Å². The highest BCUT2D eigenvalue weighted by molar-refractivity contribution is 7.99. The lowest BCUT2D eigenvalue weighted by Crippen LogP contribution is -2.09. The Morgan fingerprint density at radius 2 is 2.35 bits per heavy atom. The first-order chi connectivity index (χ1) is 8.27. The summed E-state index contributed by atoms with van der Waals surface area (Å²) in [6.07, 6.45) is 5.09. The molecule has 0 aliphatic carbocycles. The maximum absolute atomic E-state index is 11.5. The van der Waals surface area contributed by atoms with Crippen molar-refractivity contribution in [3.63, 3.8) is 0 Å². The van der Waals surface area contributed by atoms with Crippen LogP contribution in [-0.2, 0) is 9.53 Å². The van der Waals surface area contributed by atoms with Gasteiger partial charge in [0.25, 0.3) is 0 Å². The van der Waals surface area contributed by atoms with Crippen molar-refractivity contribution >= 4 is 17.7 Å². The van der Waals surface area contributed by atoms with E-state index in [9.17, 15) is 4.79 Å². The fraction of sp³-hybridized carbons (Fsp3) is 0.538. The van der Waals surface area contributed by atoms with Crippen LogP contribution in [0.3, 0.4) is 0 Å². The summed E-state index contributed by atoms with van der Waals surface area (Å²) in [7, 11) is 0. The average Bonchev–Trinajstić information content (AvgIpc) is 2.36. The number of carbonyl (C=O) groups excluding carboxylic acids is 1. The SMILES string of the molecule is CCCSC(CC(=O)OCC)c1cccnc1. The van der Waals surface area contributed by atoms with Crippen LogP contribution in [0.15, 0.2) is 24.5 Å². The van der Waals surface area contributed by atoms with E-state index in [1.807, 2.05) is 25.3 Å². The first-order valence-corrected chi connectivity index (χ1v) is 7.00. The van der Waals surface area contributed by atoms with Crippen molar-refractivity contribution in [3.8, 4) is 0 Å². The number of carbonyl (C=O) groups is 1. The Labute approximate surface area is 107 Å². The first-order valence-electron chi connectivity index (χ1n) is 5.95. The van der Waals surface area contributed by atoms with Crippen LogP contribution in [0.5, 0.6) is 0 Å². The van der Waals surface area contributed by atoms with E-state index in [0.717, 1.165) is 17.7 Å². The van der Waals surface area contributed by atoms with Crippen LogP contribution < -0.4 is 0 Å². The van der Waals surface area contributed by atoms with E-state index < -0.39 is 0 Å². The largest absolute Gasteiger partial charge is 0.466 e. The van der Waals surface area contributed by atoms with Gasteiger partial charge in [-0.15, -0.1) is 0 Å². The topological polar surface area (TPSA) is 39.2 Å². The van der Waals surface area contributed by atoms with E-state index in [4.69, 9.17) is 4.74 Å². The Morgan fingerprint density at radius 3 is 2.94 bits per heavy atom. The van der Waals surface area contributed by atoms with Crippen molar-refractivity contribution < 1.29 is 9.53 Å². The summed E-state index contributed by atoms with van der Waals surface area (Å²) in [4.78, 5) is 15.6. The second kappa shape index (κ2) is 8.12. The Bertz CT molecular complexity index is 329. The van der Waals surface area contributed by atoms with E-state index in [1.54, 1.807) is 18.0 Å². The Balaban J connectivity index is 2.63. The van der Waals surface area contributed by atoms with Crippen LogP contribution in [0.1, 0.15) is 37.5 Å². The van der Waals surface area contributed by atoms with Gasteiger partial charge in [-0.2, -0.15) is 11.8 Å². The second-order valence-electron chi connectivity index (χ2n) is 3.65. The van der Waals surface area contributed by atoms with E-state index in [0.29, 0.717) is 13.0 Å². The molecule has 0 aliphatic heterocycles. The molecule has 1 aromatic heterocycles. The molecule has 17 heavy (non-hydrogen) atoms. The minimum Gasteiger partial charge on any atom is -0.466 e. The third kappa shape index (κ3) is 5.22. The summed E-state index contributed by atoms with van der Waals surface area (Å²) in [5.74, 6) is 0.906. The van der Waals surface area contributed by atoms with Crippen molar-refractivity contribution in [2.75, 3.05) is 12.4 Å². The van der Waals surface area contributed by atoms with Crippen LogP contribution in [0.2, 0.25) is 0 Å². The molecule has 0 amide bonds. The summed E-state index contributed by atoms with van der Waals surface area (Å²) in [6, 6.07) is 3.92. The molecule has 0 aromatic carbocycles. The van der Waals surface area contributed by atoms with Gasteiger partial charge < -0.3 is 4.74 Å². The molecule has 1 heterocycles. The monoisotopic (exact) mass is 253 g/mol. The third-order valence-corrected chi connectivity index (χ3v) is 3.72. The lowest BCUT2D eigenvalue weighted by molar-refractivity contribution is -0.143. The van der Waals surface area contributed by atoms with Gasteiger partial charge in [-0.25, -0.2) is 0 Å². The van der Waals surface area contributed by atoms with Gasteiger partial charge in [0.15, 0.2) is 0 Å². The zero-order valence-corrected chi connectivity index (χ0v) is 11.2. The minimum atomic E-state index is -0.134. The molecule has 0 bridgehead atoms. The Hall–Kier alpha value is -1.03. The quantitative estimate of drug-likeness (QED) is 0.699. The number of esters is 1. The van der Waals surface area contributed by atoms with Gasteiger partial charge in [-0.3, -0.25) is 9.78 Å². The van der Waals surface area contributed by atoms with Crippen molar-refractivity contribution in [1.29, 1.82) is 0 Å². The molecule has 0 saturated heterocycles. The third-order valence-electron chi connectivity index (χ3n) is 2.24. The second-order valence-corrected chi connectivity index (χ2v) is 4.97. The fourth-order valence-corrected chi connectivity index (χ4v) is 2.58. The highest BCUT2D eigenvalue weighted by Crippen LogP contribution is 2.32. The molecule has 0 saturated carbocycles. The molecular weight excluding hydrogens is 234 g/mol. The first kappa shape index (κ1) is 14.0. The lowest BCUT2D eigenvalue weighted by atomic mass is 10.1. The number of aromatic nitrogens is 1. The van der Waals surface area contributed by atoms with Crippen molar-refractivity contribution in [1.82, 2.24) is 4.98 Å². The van der Waals surface area contributed by atoms with E-state index in [1.165, 1.54) is 0 Å². The van der Waals surface area contributed by atoms with Crippen LogP contribution in [-0.4, -0.2) is 23.3 Å². The van der Waals surface area contributed by atoms with Crippen LogP contribution in [0.25, 0.3) is 0 Å². The number of hydrogen-bond acceptors (Lipinski definition) is 4. The number of nitrogens with zero attached hydrogens (tertiary/aromatic N) is 1. The van der Waals surface area contributed by atoms with Gasteiger partial charge in [-0.1, -0.05) is 13.0 Å². The number of thioether (sulfide) groups is 1. The summed E-state index contributed by atoms with van der Waals surface area (Å²) < 4.78 is 5.00. The van der Waals surface area contributed by atoms with Gasteiger partial charge >= 0.3 is 5.97 Å². The molecule has 4 heteroatoms. The molecule has 94 valence electrons. The minimum absolute atomic E-state index is 0.134. The standard InChI is InChI=1S/C13H19NO2S/c1-3-8-17-12(9-13(15)16-4-2)11-6-5-7-14-10-11/h5-7,10,12H,3-4,8-9H2,1-2H3. The van der Waals surface area contributed by atoms with Crippen molar-refractivity contribution in [2.24, 2.45) is 0 Å². The maximum atomic E-state index is 11.5. The summed E-state index contributed by atoms with van der Waals surface area (Å²) >= 11 is 1.79. The van der Waals surface area contributed by atoms with Gasteiger partial charge in [0.1, 0.15) is 0 Å². The molecule has 1 unspecified atom stereocenters. The highest BCUT2D eigenvalue weighted by Gasteiger charge is 2.17. The fourth-order valence-electron chi connectivity index (χ4n) is 1.47. The summed E-state index contributed by atoms with van der Waals surface area (Å²) in [5.41, 5.74) is 1.10. The predicted molar refractivity (Wildman–Crippen MR) is 71.0 cm³/mol. The molecule has 0 radical (unpaired) electrons. The average molecular weight is 253 g/mol. The molecule has 1 rings (SSSR count). The number of ether oxygens (including phenoxy) is 1. The summed E-state index contributed by atoms with van der Waals surface area (Å²) in [6.45, 7) is 4.41. The molecule has 0 N–H and O–H groups in total. The molecule has 3 nitrogen and oxygen atoms in total. The molecule has 1 atom stereocenters. The zero-order chi connectivity index (χ0) is 12.5. The maximum Gasteiger partial charge on any atom is 0.307 e. The van der Waals surface area contributed by atoms with Crippen LogP contribution in [0.4, 0.5) is 0 Å². The number of rotatable bonds is 7. The zero-order valence-electron chi connectivity index (χ0n) is 10.4. The van der Waals surface area contributed by atoms with Gasteiger partial charge in [0.2, 0.25) is 0 Å². The lowest BCUT2D eigenvalue weighted by Gasteiger charge is -2.15. The van der Waals surface area contributed by atoms with Crippen LogP contribution in [0, 0.1) is 0 Å². The van der Waals surface area contributed by atoms with E-state index >= 15 is 0 Å². The smallest absolute Gasteiger partial charge is 0.307 e. The Morgan fingerprint density at radius 1 is 1.53 bits per heavy atom. The number of pyridine rings is 1. The van der Waals surface area contributed by atoms with E-state index in [2.05, 4.69) is 11.9 Å². The molecule has 0 fully saturated rings. The van der Waals surface area contributed by atoms with Gasteiger partial charge in [0.05, 0.1) is 13.0 Å². The molecule has 1 aromatic rings. The van der Waals surface area contributed by atoms with Crippen molar-refractivity contribution in [3.05, 3.63) is 30.1 Å². The molecular formula is C13H19NO2S. The van der Waals surface area contributed by atoms with Gasteiger partial charge in [0, 0.05) is 17.6 Å². The predicted octanol–water partition coefficient (Wildman–Crippen LogP) is 3.22.